The Morgan fingerprint density at radius 3 is 2.36 bits per heavy atom. The third-order valence-corrected chi connectivity index (χ3v) is 5.81. The summed E-state index contributed by atoms with van der Waals surface area (Å²) >= 11 is 0. The fourth-order valence-corrected chi connectivity index (χ4v) is 3.76. The summed E-state index contributed by atoms with van der Waals surface area (Å²) in [6, 6.07) is 8.52. The summed E-state index contributed by atoms with van der Waals surface area (Å²) in [7, 11) is 2.04. The second-order valence-electron chi connectivity index (χ2n) is 7.66. The quantitative estimate of drug-likeness (QED) is 0.681. The monoisotopic (exact) mass is 338 g/mol. The van der Waals surface area contributed by atoms with Crippen LogP contribution < -0.4 is 0 Å². The van der Waals surface area contributed by atoms with Crippen molar-refractivity contribution in [3.8, 4) is 0 Å². The highest BCUT2D eigenvalue weighted by atomic mass is 19.1. The zero-order valence-corrected chi connectivity index (χ0v) is 16.2. The van der Waals surface area contributed by atoms with E-state index in [-0.39, 0.29) is 11.4 Å². The fraction of sp³-hybridized carbons (Fsp3) is 0.409. The summed E-state index contributed by atoms with van der Waals surface area (Å²) in [5.74, 6) is 0.344. The van der Waals surface area contributed by atoms with Crippen LogP contribution >= 0.6 is 0 Å². The maximum atomic E-state index is 14.4. The molecule has 3 heteroatoms. The minimum absolute atomic E-state index is 0.104. The van der Waals surface area contributed by atoms with Crippen LogP contribution in [0.1, 0.15) is 60.1 Å². The molecule has 0 amide bonds. The van der Waals surface area contributed by atoms with E-state index in [4.69, 9.17) is 0 Å². The number of hydrogen-bond donors (Lipinski definition) is 0. The van der Waals surface area contributed by atoms with E-state index >= 15 is 0 Å². The minimum Gasteiger partial charge on any atom is -0.352 e. The van der Waals surface area contributed by atoms with E-state index in [1.54, 1.807) is 0 Å². The smallest absolute Gasteiger partial charge is 0.129 e. The van der Waals surface area contributed by atoms with E-state index in [1.165, 1.54) is 11.1 Å². The van der Waals surface area contributed by atoms with Gasteiger partial charge in [0, 0.05) is 12.6 Å². The Hall–Kier alpha value is -2.16. The molecule has 0 fully saturated rings. The van der Waals surface area contributed by atoms with Crippen LogP contribution in [0.4, 0.5) is 10.1 Å². The fourth-order valence-electron chi connectivity index (χ4n) is 3.76. The van der Waals surface area contributed by atoms with Gasteiger partial charge in [0.2, 0.25) is 0 Å². The summed E-state index contributed by atoms with van der Waals surface area (Å²) in [4.78, 5) is 6.75. The molecule has 0 aromatic heterocycles. The molecule has 3 rings (SSSR count). The summed E-state index contributed by atoms with van der Waals surface area (Å²) < 4.78 is 14.4. The molecule has 0 saturated heterocycles. The highest BCUT2D eigenvalue weighted by Crippen LogP contribution is 2.45. The Morgan fingerprint density at radius 1 is 1.04 bits per heavy atom. The second-order valence-corrected chi connectivity index (χ2v) is 7.66. The first-order chi connectivity index (χ1) is 11.7. The molecule has 2 nitrogen and oxygen atoms in total. The third kappa shape index (κ3) is 2.57. The van der Waals surface area contributed by atoms with Gasteiger partial charge in [0.1, 0.15) is 5.82 Å². The molecular formula is C22H27FN2. The third-order valence-electron chi connectivity index (χ3n) is 5.81. The van der Waals surface area contributed by atoms with Crippen LogP contribution in [-0.4, -0.2) is 18.3 Å². The molecule has 1 aliphatic rings. The van der Waals surface area contributed by atoms with Gasteiger partial charge in [-0.25, -0.2) is 9.38 Å². The molecular weight excluding hydrogens is 311 g/mol. The molecule has 0 radical (unpaired) electrons. The lowest BCUT2D eigenvalue weighted by Crippen LogP contribution is -2.44. The molecule has 0 N–H and O–H groups in total. The lowest BCUT2D eigenvalue weighted by Gasteiger charge is -2.43. The van der Waals surface area contributed by atoms with Gasteiger partial charge in [0.05, 0.1) is 17.6 Å². The topological polar surface area (TPSA) is 15.6 Å². The first-order valence-corrected chi connectivity index (χ1v) is 8.86. The van der Waals surface area contributed by atoms with Gasteiger partial charge in [0.15, 0.2) is 0 Å². The molecule has 1 atom stereocenters. The van der Waals surface area contributed by atoms with E-state index in [0.717, 1.165) is 22.4 Å². The number of rotatable bonds is 2. The largest absolute Gasteiger partial charge is 0.352 e. The molecule has 0 saturated carbocycles. The van der Waals surface area contributed by atoms with Crippen LogP contribution in [0.2, 0.25) is 0 Å². The normalized spacial score (nSPS) is 19.5. The van der Waals surface area contributed by atoms with Gasteiger partial charge >= 0.3 is 0 Å². The van der Waals surface area contributed by atoms with Crippen molar-refractivity contribution >= 4 is 12.0 Å². The van der Waals surface area contributed by atoms with Crippen molar-refractivity contribution in [1.82, 2.24) is 4.90 Å². The van der Waals surface area contributed by atoms with Crippen LogP contribution in [0.15, 0.2) is 29.3 Å². The van der Waals surface area contributed by atoms with E-state index in [9.17, 15) is 4.39 Å². The van der Waals surface area contributed by atoms with Crippen molar-refractivity contribution in [3.63, 3.8) is 0 Å². The van der Waals surface area contributed by atoms with Crippen LogP contribution in [0.3, 0.4) is 0 Å². The maximum Gasteiger partial charge on any atom is 0.129 e. The van der Waals surface area contributed by atoms with E-state index in [2.05, 4.69) is 48.9 Å². The Bertz CT molecular complexity index is 867. The van der Waals surface area contributed by atoms with Crippen molar-refractivity contribution in [2.45, 2.75) is 53.0 Å². The van der Waals surface area contributed by atoms with Crippen molar-refractivity contribution < 1.29 is 4.39 Å². The zero-order valence-electron chi connectivity index (χ0n) is 16.2. The minimum atomic E-state index is -0.380. The Labute approximate surface area is 150 Å². The van der Waals surface area contributed by atoms with Gasteiger partial charge in [-0.15, -0.1) is 0 Å². The van der Waals surface area contributed by atoms with E-state index in [0.29, 0.717) is 11.5 Å². The second kappa shape index (κ2) is 5.98. The first-order valence-electron chi connectivity index (χ1n) is 8.86. The number of fused-ring (bicyclic) bond motifs is 1. The number of halogens is 1. The number of aryl methyl sites for hydroxylation is 1. The average Bonchev–Trinajstić information content (AvgIpc) is 2.59. The number of hydrogen-bond acceptors (Lipinski definition) is 2. The Morgan fingerprint density at radius 2 is 1.72 bits per heavy atom. The molecule has 1 unspecified atom stereocenters. The number of nitrogens with zero attached hydrogens (tertiary/aromatic N) is 2. The molecule has 25 heavy (non-hydrogen) atoms. The van der Waals surface area contributed by atoms with Gasteiger partial charge in [-0.05, 0) is 67.5 Å². The van der Waals surface area contributed by atoms with Gasteiger partial charge in [-0.1, -0.05) is 32.0 Å². The molecule has 0 bridgehead atoms. The highest BCUT2D eigenvalue weighted by molar-refractivity contribution is 5.73. The van der Waals surface area contributed by atoms with Crippen molar-refractivity contribution in [2.24, 2.45) is 4.99 Å². The van der Waals surface area contributed by atoms with Gasteiger partial charge < -0.3 is 4.90 Å². The summed E-state index contributed by atoms with van der Waals surface area (Å²) in [5.41, 5.74) is 6.65. The molecule has 0 spiro atoms. The van der Waals surface area contributed by atoms with Gasteiger partial charge in [-0.2, -0.15) is 0 Å². The summed E-state index contributed by atoms with van der Waals surface area (Å²) in [6.45, 7) is 12.3. The molecule has 132 valence electrons. The lowest BCUT2D eigenvalue weighted by atomic mass is 9.77. The SMILES string of the molecule is Cc1cc(C2(C)c3cc(C(C)C)ccc3N=CN2C)c(C)c(C)c1F. The summed E-state index contributed by atoms with van der Waals surface area (Å²) in [6.07, 6.45) is 1.88. The number of benzene rings is 2. The van der Waals surface area contributed by atoms with Crippen LogP contribution in [0.25, 0.3) is 0 Å². The van der Waals surface area contributed by atoms with Crippen LogP contribution in [-0.2, 0) is 5.54 Å². The molecule has 1 heterocycles. The van der Waals surface area contributed by atoms with Crippen LogP contribution in [0, 0.1) is 26.6 Å². The first kappa shape index (κ1) is 17.7. The summed E-state index contributed by atoms with van der Waals surface area (Å²) in [5, 5.41) is 0. The van der Waals surface area contributed by atoms with E-state index < -0.39 is 0 Å². The molecule has 2 aromatic rings. The molecule has 0 aliphatic carbocycles. The molecule has 1 aliphatic heterocycles. The van der Waals surface area contributed by atoms with E-state index in [1.807, 2.05) is 40.2 Å². The standard InChI is InChI=1S/C22H27FN2/c1-13(2)17-8-9-20-19(11-17)22(6,25(7)12-24-20)18-10-14(3)21(23)16(5)15(18)4/h8-13H,1-7H3. The van der Waals surface area contributed by atoms with Crippen molar-refractivity contribution in [2.75, 3.05) is 7.05 Å². The maximum absolute atomic E-state index is 14.4. The average molecular weight is 338 g/mol. The van der Waals surface area contributed by atoms with Crippen LogP contribution in [0.5, 0.6) is 0 Å². The van der Waals surface area contributed by atoms with Gasteiger partial charge in [0.25, 0.3) is 0 Å². The van der Waals surface area contributed by atoms with Crippen molar-refractivity contribution in [1.29, 1.82) is 0 Å². The predicted molar refractivity (Wildman–Crippen MR) is 104 cm³/mol. The predicted octanol–water partition coefficient (Wildman–Crippen LogP) is 5.74. The number of aliphatic imine (C=N–C) groups is 1. The highest BCUT2D eigenvalue weighted by Gasteiger charge is 2.39. The molecule has 2 aromatic carbocycles. The lowest BCUT2D eigenvalue weighted by molar-refractivity contribution is 0.290. The van der Waals surface area contributed by atoms with Gasteiger partial charge in [-0.3, -0.25) is 0 Å². The Kier molecular flexibility index (Phi) is 4.22. The zero-order chi connectivity index (χ0) is 18.5. The Balaban J connectivity index is 2.33. The van der Waals surface area contributed by atoms with Crippen molar-refractivity contribution in [3.05, 3.63) is 63.5 Å².